The summed E-state index contributed by atoms with van der Waals surface area (Å²) >= 11 is 28.1. The third-order valence-electron chi connectivity index (χ3n) is 4.89. The van der Waals surface area contributed by atoms with Gasteiger partial charge in [-0.15, -0.1) is 0 Å². The van der Waals surface area contributed by atoms with Crippen molar-refractivity contribution in [1.29, 1.82) is 0 Å². The minimum absolute atomic E-state index is 0. The van der Waals surface area contributed by atoms with E-state index in [1.165, 1.54) is 24.3 Å². The van der Waals surface area contributed by atoms with Crippen LogP contribution in [0.2, 0.25) is 20.1 Å². The molecule has 0 aliphatic carbocycles. The maximum atomic E-state index is 12.0. The highest BCUT2D eigenvalue weighted by atomic mass is 35.5. The van der Waals surface area contributed by atoms with Gasteiger partial charge in [-0.2, -0.15) is 0 Å². The summed E-state index contributed by atoms with van der Waals surface area (Å²) in [4.78, 5) is 22.5. The highest BCUT2D eigenvalue weighted by Crippen LogP contribution is 2.24. The Morgan fingerprint density at radius 1 is 0.689 bits per heavy atom. The molecule has 0 spiro atoms. The number of carbonyl (C=O) groups excluding carboxylic acids is 2. The van der Waals surface area contributed by atoms with Gasteiger partial charge in [0.25, 0.3) is 11.1 Å². The van der Waals surface area contributed by atoms with Crippen LogP contribution in [-0.2, 0) is 13.2 Å². The van der Waals surface area contributed by atoms with Crippen molar-refractivity contribution in [2.24, 2.45) is 0 Å². The fraction of sp³-hybridized carbons (Fsp3) is 0.0714. The lowest BCUT2D eigenvalue weighted by molar-refractivity contribution is 0.102. The highest BCUT2D eigenvalue weighted by molar-refractivity contribution is 7.17. The van der Waals surface area contributed by atoms with Crippen LogP contribution in [0.25, 0.3) is 0 Å². The summed E-state index contributed by atoms with van der Waals surface area (Å²) in [5, 5.41) is 21.2. The molecule has 4 aromatic carbocycles. The Labute approximate surface area is 296 Å². The van der Waals surface area contributed by atoms with Crippen LogP contribution < -0.4 is 11.1 Å². The number of nitrogens with two attached hydrogens (primary N) is 1. The first-order chi connectivity index (χ1) is 20.9. The summed E-state index contributed by atoms with van der Waals surface area (Å²) in [5.74, 6) is -0.268. The summed E-state index contributed by atoms with van der Waals surface area (Å²) < 4.78 is 0. The van der Waals surface area contributed by atoms with Crippen LogP contribution in [0.5, 0.6) is 0 Å². The predicted octanol–water partition coefficient (Wildman–Crippen LogP) is 5.59. The van der Waals surface area contributed by atoms with Gasteiger partial charge in [0.05, 0.1) is 33.3 Å². The number of halogens is 5. The van der Waals surface area contributed by atoms with Gasteiger partial charge in [0.15, 0.2) is 0 Å². The molecule has 0 aliphatic rings. The Balaban J connectivity index is 0. The number of nitrogens with one attached hydrogen (secondary N) is 1. The molecule has 0 heterocycles. The van der Waals surface area contributed by atoms with Crippen LogP contribution in [0.15, 0.2) is 84.9 Å². The molecule has 0 saturated carbocycles. The minimum atomic E-state index is -0.538. The van der Waals surface area contributed by atoms with Gasteiger partial charge in [-0.1, -0.05) is 70.7 Å². The normalized spacial score (nSPS) is 8.96. The van der Waals surface area contributed by atoms with Crippen LogP contribution >= 0.6 is 58.0 Å². The van der Waals surface area contributed by atoms with Crippen molar-refractivity contribution in [3.05, 3.63) is 127 Å². The van der Waals surface area contributed by atoms with E-state index in [0.717, 1.165) is 23.9 Å². The highest BCUT2D eigenvalue weighted by Gasteiger charge is 2.08. The molecule has 0 unspecified atom stereocenters. The molecular formula is C28H23B6Cl5N2O4. The Hall–Kier alpha value is -2.42. The first-order valence-electron chi connectivity index (χ1n) is 12.1. The minimum Gasteiger partial charge on any atom is -0.399 e. The largest absolute Gasteiger partial charge is 0.399 e. The van der Waals surface area contributed by atoms with Crippen molar-refractivity contribution in [2.75, 3.05) is 11.1 Å². The van der Waals surface area contributed by atoms with Crippen molar-refractivity contribution >= 4 is 127 Å². The van der Waals surface area contributed by atoms with E-state index in [2.05, 4.69) is 36.3 Å². The number of hydrogen-bond acceptors (Lipinski definition) is 5. The first kappa shape index (κ1) is 44.7. The summed E-state index contributed by atoms with van der Waals surface area (Å²) in [6, 6.07) is 23.2. The van der Waals surface area contributed by atoms with Gasteiger partial charge in [0.2, 0.25) is 0 Å². The Bertz CT molecular complexity index is 1440. The summed E-state index contributed by atoms with van der Waals surface area (Å²) in [6.07, 6.45) is 0. The molecule has 222 valence electrons. The molecule has 45 heavy (non-hydrogen) atoms. The zero-order chi connectivity index (χ0) is 33.7. The molecule has 12 radical (unpaired) electrons. The summed E-state index contributed by atoms with van der Waals surface area (Å²) in [6.45, 7) is 0.0568. The van der Waals surface area contributed by atoms with Crippen molar-refractivity contribution in [3.8, 4) is 0 Å². The maximum absolute atomic E-state index is 12.0. The number of carbonyl (C=O) groups is 2. The smallest absolute Gasteiger partial charge is 0.255 e. The van der Waals surface area contributed by atoms with Crippen molar-refractivity contribution < 1.29 is 19.8 Å². The number of rotatable bonds is 5. The average molecular weight is 694 g/mol. The molecule has 0 aliphatic heterocycles. The molecule has 4 aromatic rings. The van der Waals surface area contributed by atoms with Crippen LogP contribution in [0.1, 0.15) is 31.8 Å². The van der Waals surface area contributed by atoms with E-state index < -0.39 is 5.24 Å². The van der Waals surface area contributed by atoms with E-state index in [9.17, 15) is 9.59 Å². The maximum Gasteiger partial charge on any atom is 0.255 e. The number of aliphatic hydroxyl groups excluding tert-OH is 2. The molecule has 0 bridgehead atoms. The van der Waals surface area contributed by atoms with Gasteiger partial charge in [-0.3, -0.25) is 9.59 Å². The molecule has 6 nitrogen and oxygen atoms in total. The van der Waals surface area contributed by atoms with Gasteiger partial charge >= 0.3 is 0 Å². The first-order valence-corrected chi connectivity index (χ1v) is 14.0. The Morgan fingerprint density at radius 2 is 1.07 bits per heavy atom. The second-order valence-corrected chi connectivity index (χ2v) is 9.90. The van der Waals surface area contributed by atoms with E-state index >= 15 is 0 Å². The summed E-state index contributed by atoms with van der Waals surface area (Å²) in [5.41, 5.74) is 9.23. The predicted molar refractivity (Wildman–Crippen MR) is 195 cm³/mol. The van der Waals surface area contributed by atoms with Crippen LogP contribution in [0, 0.1) is 0 Å². The molecule has 0 saturated heterocycles. The summed E-state index contributed by atoms with van der Waals surface area (Å²) in [7, 11) is 18.0. The van der Waals surface area contributed by atoms with Crippen molar-refractivity contribution in [2.45, 2.75) is 13.2 Å². The molecule has 0 atom stereocenters. The monoisotopic (exact) mass is 692 g/mol. The number of nitrogen functional groups attached to an aromatic ring is 1. The van der Waals surface area contributed by atoms with Gasteiger partial charge in [0, 0.05) is 68.9 Å². The number of hydrogen-bond donors (Lipinski definition) is 4. The topological polar surface area (TPSA) is 113 Å². The van der Waals surface area contributed by atoms with Crippen LogP contribution in [-0.4, -0.2) is 67.8 Å². The number of anilines is 2. The molecule has 4 rings (SSSR count). The molecule has 0 fully saturated rings. The number of amides is 1. The fourth-order valence-electron chi connectivity index (χ4n) is 2.78. The van der Waals surface area contributed by atoms with Gasteiger partial charge in [0.1, 0.15) is 0 Å². The van der Waals surface area contributed by atoms with Crippen LogP contribution in [0.3, 0.4) is 0 Å². The fourth-order valence-corrected chi connectivity index (χ4v) is 3.49. The molecule has 5 N–H and O–H groups in total. The SMILES string of the molecule is Nc1ccc(CO)cc1.O=C(Cl)c1ccc(Cl)c(Cl)c1.O=C(Nc1ccc(CO)cc1)c1ccc(Cl)c(Cl)c1.[B].[B][B].[B][B][B]. The number of aliphatic hydroxyl groups is 2. The lowest BCUT2D eigenvalue weighted by atomic mass is 9.40. The zero-order valence-corrected chi connectivity index (χ0v) is 27.4. The van der Waals surface area contributed by atoms with Gasteiger partial charge < -0.3 is 21.3 Å². The third-order valence-corrected chi connectivity index (χ3v) is 6.58. The average Bonchev–Trinajstić information content (AvgIpc) is 3.02. The lowest BCUT2D eigenvalue weighted by Gasteiger charge is -2.06. The van der Waals surface area contributed by atoms with E-state index in [0.29, 0.717) is 36.9 Å². The van der Waals surface area contributed by atoms with Crippen molar-refractivity contribution in [1.82, 2.24) is 0 Å². The van der Waals surface area contributed by atoms with E-state index in [4.69, 9.17) is 74.0 Å². The third kappa shape index (κ3) is 18.3. The van der Waals surface area contributed by atoms with E-state index in [-0.39, 0.29) is 27.5 Å². The second-order valence-electron chi connectivity index (χ2n) is 7.93. The Morgan fingerprint density at radius 3 is 1.44 bits per heavy atom. The van der Waals surface area contributed by atoms with Crippen LogP contribution in [0.4, 0.5) is 11.4 Å². The van der Waals surface area contributed by atoms with Gasteiger partial charge in [-0.05, 0) is 83.4 Å². The molecular weight excluding hydrogens is 670 g/mol. The van der Waals surface area contributed by atoms with E-state index in [1.54, 1.807) is 60.7 Å². The van der Waals surface area contributed by atoms with Crippen molar-refractivity contribution in [3.63, 3.8) is 0 Å². The lowest BCUT2D eigenvalue weighted by Crippen LogP contribution is -2.11. The molecule has 0 aromatic heterocycles. The molecule has 17 heteroatoms. The van der Waals surface area contributed by atoms with E-state index in [1.807, 2.05) is 0 Å². The standard InChI is InChI=1S/C14H11Cl2NO2.C7H3Cl3O.C7H9NO.B3.B2.B/c15-12-6-3-10(7-13(12)16)14(19)17-11-4-1-9(8-18)2-5-11;8-5-2-1-4(7(10)11)3-6(5)9;8-7-3-1-6(5-9)2-4-7;1-3-2;1-2;/h1-7,18H,8H2,(H,17,19);1-3H;1-4,9H,5,8H2;;;. The number of benzene rings is 4. The Kier molecular flexibility index (Phi) is 25.6. The zero-order valence-electron chi connectivity index (χ0n) is 23.6. The quantitative estimate of drug-likeness (QED) is 0.124. The molecule has 1 amide bonds. The second kappa shape index (κ2) is 25.7. The van der Waals surface area contributed by atoms with Gasteiger partial charge in [-0.25, -0.2) is 0 Å².